The van der Waals surface area contributed by atoms with E-state index in [1.165, 1.54) is 32.0 Å². The second-order valence-electron chi connectivity index (χ2n) is 17.7. The number of hydrogen-bond acceptors (Lipinski definition) is 4. The van der Waals surface area contributed by atoms with Crippen LogP contribution >= 0.6 is 0 Å². The van der Waals surface area contributed by atoms with Gasteiger partial charge in [-0.3, -0.25) is 9.59 Å². The number of aliphatic carboxylic acids is 1. The third kappa shape index (κ3) is 4.46. The Morgan fingerprint density at radius 2 is 1.60 bits per heavy atom. The smallest absolute Gasteiger partial charge is 0.306 e. The van der Waals surface area contributed by atoms with Crippen LogP contribution in [-0.4, -0.2) is 29.4 Å². The molecule has 2 unspecified atom stereocenters. The number of ether oxygens (including phenoxy) is 1. The average Bonchev–Trinajstić information content (AvgIpc) is 3.28. The van der Waals surface area contributed by atoms with Crippen molar-refractivity contribution < 1.29 is 24.2 Å². The fourth-order valence-corrected chi connectivity index (χ4v) is 13.1. The Kier molecular flexibility index (Phi) is 8.09. The molecule has 0 aromatic rings. The molecule has 0 bridgehead atoms. The zero-order valence-electron chi connectivity index (χ0n) is 28.1. The van der Waals surface area contributed by atoms with E-state index in [4.69, 9.17) is 9.84 Å². The van der Waals surface area contributed by atoms with Gasteiger partial charge in [0, 0.05) is 23.7 Å². The number of aldehydes is 1. The summed E-state index contributed by atoms with van der Waals surface area (Å²) in [4.78, 5) is 36.9. The van der Waals surface area contributed by atoms with Crippen molar-refractivity contribution in [2.75, 3.05) is 0 Å². The number of hydrogen-bond donors (Lipinski definition) is 1. The van der Waals surface area contributed by atoms with Crippen LogP contribution in [-0.2, 0) is 19.1 Å². The third-order valence-corrected chi connectivity index (χ3v) is 15.4. The first-order valence-corrected chi connectivity index (χ1v) is 17.4. The van der Waals surface area contributed by atoms with Gasteiger partial charge in [-0.1, -0.05) is 62.3 Å². The number of carboxylic acid groups (broad SMARTS) is 1. The Bertz CT molecular complexity index is 1080. The summed E-state index contributed by atoms with van der Waals surface area (Å²) in [6.07, 6.45) is 11.6. The van der Waals surface area contributed by atoms with Crippen LogP contribution in [0.5, 0.6) is 0 Å². The molecular formula is C37H60O5. The largest absolute Gasteiger partial charge is 0.481 e. The Labute approximate surface area is 255 Å². The Balaban J connectivity index is 1.42. The summed E-state index contributed by atoms with van der Waals surface area (Å²) in [6, 6.07) is 0. The minimum absolute atomic E-state index is 0.00582. The second-order valence-corrected chi connectivity index (χ2v) is 17.7. The van der Waals surface area contributed by atoms with Crippen molar-refractivity contribution >= 4 is 18.2 Å². The fourth-order valence-electron chi connectivity index (χ4n) is 13.1. The Morgan fingerprint density at radius 1 is 0.905 bits per heavy atom. The van der Waals surface area contributed by atoms with Crippen molar-refractivity contribution in [3.05, 3.63) is 0 Å². The highest BCUT2D eigenvalue weighted by Gasteiger charge is 2.72. The van der Waals surface area contributed by atoms with Gasteiger partial charge in [0.05, 0.1) is 0 Å². The Hall–Kier alpha value is -1.39. The molecule has 0 aromatic heterocycles. The van der Waals surface area contributed by atoms with E-state index >= 15 is 0 Å². The molecule has 12 atom stereocenters. The quantitative estimate of drug-likeness (QED) is 0.239. The van der Waals surface area contributed by atoms with Gasteiger partial charge in [-0.05, 0) is 121 Å². The topological polar surface area (TPSA) is 80.7 Å². The highest BCUT2D eigenvalue weighted by Crippen LogP contribution is 2.78. The minimum atomic E-state index is -0.866. The summed E-state index contributed by atoms with van der Waals surface area (Å²) in [5.41, 5.74) is 0.389. The van der Waals surface area contributed by atoms with Crippen LogP contribution < -0.4 is 0 Å². The maximum Gasteiger partial charge on any atom is 0.306 e. The first kappa shape index (κ1) is 32.0. The monoisotopic (exact) mass is 584 g/mol. The van der Waals surface area contributed by atoms with Gasteiger partial charge in [-0.25, -0.2) is 0 Å². The highest BCUT2D eigenvalue weighted by molar-refractivity contribution is 5.72. The van der Waals surface area contributed by atoms with Crippen LogP contribution in [0.25, 0.3) is 0 Å². The molecule has 0 radical (unpaired) electrons. The van der Waals surface area contributed by atoms with Crippen LogP contribution in [0.2, 0.25) is 0 Å². The van der Waals surface area contributed by atoms with Crippen molar-refractivity contribution in [2.45, 2.75) is 139 Å². The van der Waals surface area contributed by atoms with Crippen molar-refractivity contribution in [3.8, 4) is 0 Å². The molecule has 5 nitrogen and oxygen atoms in total. The lowest BCUT2D eigenvalue weighted by molar-refractivity contribution is -0.268. The van der Waals surface area contributed by atoms with E-state index in [9.17, 15) is 14.4 Å². The molecule has 5 aliphatic rings. The number of esters is 1. The zero-order valence-corrected chi connectivity index (χ0v) is 28.1. The normalized spacial score (nSPS) is 48.3. The molecular weight excluding hydrogens is 524 g/mol. The van der Waals surface area contributed by atoms with E-state index in [0.29, 0.717) is 41.4 Å². The number of fused-ring (bicyclic) bond motifs is 7. The summed E-state index contributed by atoms with van der Waals surface area (Å²) in [6.45, 7) is 21.7. The van der Waals surface area contributed by atoms with Crippen LogP contribution in [0.15, 0.2) is 0 Å². The standard InChI is InChI=1S/C37H60O5/c1-22(2)25-12-15-37(21-38)17-16-35(8)26(32(25)37)10-11-27-34(7)14-13-29(42-31(41)19-23(3)18-30(39)40)33(5,6)28(34)20-24(4)36(27,35)9/h21-29,32H,10-20H2,1-9H3,(H,39,40)/t23?,24-,25?,26+,27+,28-,29-,32+,34+,35+,36+,37+/m0/s1. The molecule has 42 heavy (non-hydrogen) atoms. The van der Waals surface area contributed by atoms with Crippen molar-refractivity contribution in [2.24, 2.45) is 74.4 Å². The third-order valence-electron chi connectivity index (χ3n) is 15.4. The van der Waals surface area contributed by atoms with Crippen LogP contribution in [0.1, 0.15) is 133 Å². The van der Waals surface area contributed by atoms with Gasteiger partial charge in [0.2, 0.25) is 0 Å². The van der Waals surface area contributed by atoms with Gasteiger partial charge in [0.1, 0.15) is 12.4 Å². The zero-order chi connectivity index (χ0) is 31.0. The molecule has 5 heteroatoms. The maximum atomic E-state index is 12.9. The molecule has 5 saturated carbocycles. The lowest BCUT2D eigenvalue weighted by Gasteiger charge is -2.74. The molecule has 0 saturated heterocycles. The molecule has 1 N–H and O–H groups in total. The van der Waals surface area contributed by atoms with Gasteiger partial charge in [0.25, 0.3) is 0 Å². The molecule has 0 aromatic carbocycles. The van der Waals surface area contributed by atoms with Gasteiger partial charge in [-0.2, -0.15) is 0 Å². The summed E-state index contributed by atoms with van der Waals surface area (Å²) in [5.74, 6) is 2.74. The molecule has 238 valence electrons. The predicted octanol–water partition coefficient (Wildman–Crippen LogP) is 8.58. The lowest BCUT2D eigenvalue weighted by Crippen LogP contribution is -2.69. The molecule has 0 heterocycles. The highest BCUT2D eigenvalue weighted by atomic mass is 16.5. The molecule has 0 spiro atoms. The van der Waals surface area contributed by atoms with Crippen molar-refractivity contribution in [1.29, 1.82) is 0 Å². The van der Waals surface area contributed by atoms with Gasteiger partial charge in [0.15, 0.2) is 0 Å². The Morgan fingerprint density at radius 3 is 2.21 bits per heavy atom. The number of carbonyl (C=O) groups excluding carboxylic acids is 2. The molecule has 0 aliphatic heterocycles. The van der Waals surface area contributed by atoms with E-state index < -0.39 is 5.97 Å². The van der Waals surface area contributed by atoms with Gasteiger partial charge in [-0.15, -0.1) is 0 Å². The van der Waals surface area contributed by atoms with E-state index in [2.05, 4.69) is 55.4 Å². The van der Waals surface area contributed by atoms with Crippen molar-refractivity contribution in [1.82, 2.24) is 0 Å². The van der Waals surface area contributed by atoms with Gasteiger partial charge >= 0.3 is 11.9 Å². The summed E-state index contributed by atoms with van der Waals surface area (Å²) >= 11 is 0. The first-order chi connectivity index (χ1) is 19.5. The number of carbonyl (C=O) groups is 3. The van der Waals surface area contributed by atoms with Crippen LogP contribution in [0, 0.1) is 74.4 Å². The fraction of sp³-hybridized carbons (Fsp3) is 0.919. The van der Waals surface area contributed by atoms with Gasteiger partial charge < -0.3 is 14.6 Å². The molecule has 5 rings (SSSR count). The second kappa shape index (κ2) is 10.6. The summed E-state index contributed by atoms with van der Waals surface area (Å²) < 4.78 is 6.20. The van der Waals surface area contributed by atoms with Crippen LogP contribution in [0.4, 0.5) is 0 Å². The summed E-state index contributed by atoms with van der Waals surface area (Å²) in [7, 11) is 0. The average molecular weight is 585 g/mol. The van der Waals surface area contributed by atoms with E-state index in [1.807, 2.05) is 6.92 Å². The van der Waals surface area contributed by atoms with Crippen molar-refractivity contribution in [3.63, 3.8) is 0 Å². The SMILES string of the molecule is CC(CC(=O)O)CC(=O)O[C@H]1CC[C@]2(C)[C@H]3CC[C@@H]4[C@H]5C(C(C)C)CC[C@]5(C=O)CC[C@@]4(C)[C@]3(C)[C@@H](C)C[C@H]2C1(C)C. The van der Waals surface area contributed by atoms with E-state index in [1.54, 1.807) is 0 Å². The summed E-state index contributed by atoms with van der Waals surface area (Å²) in [5, 5.41) is 9.13. The van der Waals surface area contributed by atoms with E-state index in [-0.39, 0.29) is 57.9 Å². The predicted molar refractivity (Wildman–Crippen MR) is 166 cm³/mol. The minimum Gasteiger partial charge on any atom is -0.481 e. The number of carboxylic acids is 1. The van der Waals surface area contributed by atoms with Crippen LogP contribution in [0.3, 0.4) is 0 Å². The maximum absolute atomic E-state index is 12.9. The first-order valence-electron chi connectivity index (χ1n) is 17.4. The van der Waals surface area contributed by atoms with E-state index in [0.717, 1.165) is 32.1 Å². The molecule has 0 amide bonds. The number of rotatable bonds is 7. The molecule has 5 fully saturated rings. The molecule has 5 aliphatic carbocycles. The lowest BCUT2D eigenvalue weighted by atomic mass is 9.30.